The largest absolute Gasteiger partial charge is 0.490 e. The first-order chi connectivity index (χ1) is 13.5. The molecule has 1 aromatic carbocycles. The van der Waals surface area contributed by atoms with Crippen molar-refractivity contribution in [1.29, 1.82) is 0 Å². The number of halogens is 1. The molecule has 2 N–H and O–H groups in total. The van der Waals surface area contributed by atoms with Crippen molar-refractivity contribution in [2.24, 2.45) is 16.6 Å². The van der Waals surface area contributed by atoms with E-state index >= 15 is 0 Å². The summed E-state index contributed by atoms with van der Waals surface area (Å²) in [7, 11) is 1.65. The Hall–Kier alpha value is -2.96. The Kier molecular flexibility index (Phi) is 3.69. The van der Waals surface area contributed by atoms with Crippen LogP contribution in [0.25, 0.3) is 11.1 Å². The second kappa shape index (κ2) is 6.02. The number of ether oxygens (including phenoxy) is 1. The van der Waals surface area contributed by atoms with Gasteiger partial charge in [0, 0.05) is 30.3 Å². The minimum absolute atomic E-state index is 0.0748. The molecule has 28 heavy (non-hydrogen) atoms. The number of amides is 1. The van der Waals surface area contributed by atoms with Crippen LogP contribution in [0.3, 0.4) is 0 Å². The highest BCUT2D eigenvalue weighted by Gasteiger charge is 2.60. The maximum atomic E-state index is 14.3. The number of guanidine groups is 1. The lowest BCUT2D eigenvalue weighted by Gasteiger charge is -2.46. The highest BCUT2D eigenvalue weighted by atomic mass is 19.1. The summed E-state index contributed by atoms with van der Waals surface area (Å²) < 4.78 is 20.6. The maximum Gasteiger partial charge on any atom is 0.262 e. The molecule has 0 saturated heterocycles. The molecule has 1 saturated carbocycles. The van der Waals surface area contributed by atoms with E-state index in [1.807, 2.05) is 6.07 Å². The fraction of sp³-hybridized carbons (Fsp3) is 0.381. The van der Waals surface area contributed by atoms with Crippen LogP contribution >= 0.6 is 0 Å². The van der Waals surface area contributed by atoms with Crippen molar-refractivity contribution in [3.05, 3.63) is 48.0 Å². The van der Waals surface area contributed by atoms with Crippen molar-refractivity contribution in [2.45, 2.75) is 37.3 Å². The molecule has 3 aliphatic rings. The number of carbonyl (C=O) groups is 1. The van der Waals surface area contributed by atoms with Crippen LogP contribution in [-0.4, -0.2) is 34.9 Å². The lowest BCUT2D eigenvalue weighted by Crippen LogP contribution is -2.53. The van der Waals surface area contributed by atoms with E-state index < -0.39 is 11.5 Å². The third-order valence-electron chi connectivity index (χ3n) is 6.24. The highest BCUT2D eigenvalue weighted by molar-refractivity contribution is 6.07. The molecule has 0 bridgehead atoms. The number of fused-ring (bicyclic) bond motifs is 4. The van der Waals surface area contributed by atoms with Gasteiger partial charge in [0.1, 0.15) is 11.9 Å². The minimum Gasteiger partial charge on any atom is -0.490 e. The van der Waals surface area contributed by atoms with Gasteiger partial charge in [-0.3, -0.25) is 9.69 Å². The summed E-state index contributed by atoms with van der Waals surface area (Å²) in [6.45, 7) is 0. The van der Waals surface area contributed by atoms with E-state index in [0.29, 0.717) is 22.4 Å². The number of rotatable bonds is 1. The number of hydrogen-bond acceptors (Lipinski definition) is 5. The molecule has 3 heterocycles. The number of likely N-dealkylation sites (N-methyl/N-ethyl adjacent to an activating group) is 1. The molecule has 0 radical (unpaired) electrons. The summed E-state index contributed by atoms with van der Waals surface area (Å²) in [4.78, 5) is 23.3. The maximum absolute atomic E-state index is 14.3. The number of hydrogen-bond donors (Lipinski definition) is 1. The molecule has 6 nitrogen and oxygen atoms in total. The lowest BCUT2D eigenvalue weighted by molar-refractivity contribution is -0.136. The standard InChI is InChI=1S/C21H21FN4O2/c1-26-19(27)21(25-20(26)23)14-6-2-3-7-16(14)28-17-9-8-12(11-15(17)21)13-5-4-10-24-18(13)22/h4-5,8-11,14,16H,2-3,6-7H2,1H3,(H2,23,25)/t14-,16?,21?/m1/s1. The van der Waals surface area contributed by atoms with E-state index in [1.165, 1.54) is 11.1 Å². The molecule has 2 unspecified atom stereocenters. The summed E-state index contributed by atoms with van der Waals surface area (Å²) in [5.41, 5.74) is 6.64. The van der Waals surface area contributed by atoms with Crippen molar-refractivity contribution in [3.8, 4) is 16.9 Å². The summed E-state index contributed by atoms with van der Waals surface area (Å²) in [5, 5.41) is 0. The average Bonchev–Trinajstić information content (AvgIpc) is 2.93. The van der Waals surface area contributed by atoms with Crippen LogP contribution in [0.15, 0.2) is 41.5 Å². The molecule has 3 atom stereocenters. The van der Waals surface area contributed by atoms with Gasteiger partial charge < -0.3 is 10.5 Å². The average molecular weight is 380 g/mol. The van der Waals surface area contributed by atoms with E-state index in [-0.39, 0.29) is 23.9 Å². The quantitative estimate of drug-likeness (QED) is 0.772. The Morgan fingerprint density at radius 1 is 1.29 bits per heavy atom. The van der Waals surface area contributed by atoms with Crippen LogP contribution in [-0.2, 0) is 10.3 Å². The van der Waals surface area contributed by atoms with Crippen molar-refractivity contribution < 1.29 is 13.9 Å². The van der Waals surface area contributed by atoms with Crippen molar-refractivity contribution in [3.63, 3.8) is 0 Å². The van der Waals surface area contributed by atoms with Gasteiger partial charge in [-0.25, -0.2) is 9.98 Å². The van der Waals surface area contributed by atoms with Crippen LogP contribution in [0.4, 0.5) is 4.39 Å². The second-order valence-corrected chi connectivity index (χ2v) is 7.70. The molecule has 1 spiro atoms. The second-order valence-electron chi connectivity index (χ2n) is 7.70. The van der Waals surface area contributed by atoms with Crippen LogP contribution in [0, 0.1) is 11.9 Å². The predicted molar refractivity (Wildman–Crippen MR) is 102 cm³/mol. The minimum atomic E-state index is -1.10. The molecule has 7 heteroatoms. The Morgan fingerprint density at radius 3 is 2.86 bits per heavy atom. The molecule has 144 valence electrons. The zero-order valence-corrected chi connectivity index (χ0v) is 15.6. The third kappa shape index (κ3) is 2.22. The van der Waals surface area contributed by atoms with Gasteiger partial charge in [0.15, 0.2) is 11.5 Å². The number of pyridine rings is 1. The lowest BCUT2D eigenvalue weighted by atomic mass is 9.67. The van der Waals surface area contributed by atoms with E-state index in [1.54, 1.807) is 31.3 Å². The number of aromatic nitrogens is 1. The molecule has 2 aromatic rings. The number of benzene rings is 1. The van der Waals surface area contributed by atoms with Crippen molar-refractivity contribution >= 4 is 11.9 Å². The van der Waals surface area contributed by atoms with Gasteiger partial charge in [0.05, 0.1) is 0 Å². The first-order valence-corrected chi connectivity index (χ1v) is 9.58. The summed E-state index contributed by atoms with van der Waals surface area (Å²) >= 11 is 0. The van der Waals surface area contributed by atoms with Gasteiger partial charge >= 0.3 is 0 Å². The van der Waals surface area contributed by atoms with E-state index in [9.17, 15) is 9.18 Å². The predicted octanol–water partition coefficient (Wildman–Crippen LogP) is 2.82. The van der Waals surface area contributed by atoms with Gasteiger partial charge in [-0.1, -0.05) is 12.5 Å². The van der Waals surface area contributed by atoms with Crippen LogP contribution in [0.5, 0.6) is 5.75 Å². The van der Waals surface area contributed by atoms with Gasteiger partial charge in [-0.2, -0.15) is 4.39 Å². The Labute approximate surface area is 162 Å². The summed E-state index contributed by atoms with van der Waals surface area (Å²) in [5.74, 6) is 0.0483. The number of carbonyl (C=O) groups excluding carboxylic acids is 1. The molecule has 1 amide bonds. The number of aliphatic imine (C=N–C) groups is 1. The topological polar surface area (TPSA) is 80.8 Å². The van der Waals surface area contributed by atoms with Crippen LogP contribution < -0.4 is 10.5 Å². The van der Waals surface area contributed by atoms with E-state index in [0.717, 1.165) is 25.7 Å². The molecule has 2 aliphatic heterocycles. The SMILES string of the molecule is CN1C(=O)C2(N=C1N)c1cc(-c3cccnc3F)ccc1OC1CCCC[C@H]12. The van der Waals surface area contributed by atoms with E-state index in [4.69, 9.17) is 15.5 Å². The van der Waals surface area contributed by atoms with Gasteiger partial charge in [-0.15, -0.1) is 0 Å². The van der Waals surface area contributed by atoms with Gasteiger partial charge in [-0.05, 0) is 49.1 Å². The summed E-state index contributed by atoms with van der Waals surface area (Å²) in [6, 6.07) is 8.77. The number of nitrogens with two attached hydrogens (primary N) is 1. The van der Waals surface area contributed by atoms with Gasteiger partial charge in [0.25, 0.3) is 5.91 Å². The van der Waals surface area contributed by atoms with Crippen LogP contribution in [0.1, 0.15) is 31.2 Å². The zero-order valence-electron chi connectivity index (χ0n) is 15.6. The summed E-state index contributed by atoms with van der Waals surface area (Å²) in [6.07, 6.45) is 5.15. The zero-order chi connectivity index (χ0) is 19.5. The fourth-order valence-corrected chi connectivity index (χ4v) is 4.86. The molecule has 5 rings (SSSR count). The van der Waals surface area contributed by atoms with Crippen molar-refractivity contribution in [1.82, 2.24) is 9.88 Å². The molecule has 1 aliphatic carbocycles. The Bertz CT molecular complexity index is 1010. The first kappa shape index (κ1) is 17.2. The smallest absolute Gasteiger partial charge is 0.262 e. The van der Waals surface area contributed by atoms with Crippen LogP contribution in [0.2, 0.25) is 0 Å². The Balaban J connectivity index is 1.74. The third-order valence-corrected chi connectivity index (χ3v) is 6.24. The molecular formula is C21H21FN4O2. The number of nitrogens with zero attached hydrogens (tertiary/aromatic N) is 3. The molecule has 1 fully saturated rings. The molecule has 1 aromatic heterocycles. The van der Waals surface area contributed by atoms with E-state index in [2.05, 4.69) is 4.98 Å². The Morgan fingerprint density at radius 2 is 2.11 bits per heavy atom. The fourth-order valence-electron chi connectivity index (χ4n) is 4.86. The highest BCUT2D eigenvalue weighted by Crippen LogP contribution is 2.53. The normalized spacial score (nSPS) is 28.6. The first-order valence-electron chi connectivity index (χ1n) is 9.58. The molecular weight excluding hydrogens is 359 g/mol. The monoisotopic (exact) mass is 380 g/mol. The van der Waals surface area contributed by atoms with Crippen molar-refractivity contribution in [2.75, 3.05) is 7.05 Å². The van der Waals surface area contributed by atoms with Gasteiger partial charge in [0.2, 0.25) is 5.95 Å².